The molecule has 0 saturated carbocycles. The van der Waals surface area contributed by atoms with Crippen LogP contribution in [0.25, 0.3) is 10.9 Å². The Morgan fingerprint density at radius 3 is 2.38 bits per heavy atom. The lowest BCUT2D eigenvalue weighted by Crippen LogP contribution is -2.37. The number of hydroxylamine groups is 1. The molecule has 0 fully saturated rings. The smallest absolute Gasteiger partial charge is 0.264 e. The van der Waals surface area contributed by atoms with Gasteiger partial charge in [-0.15, -0.1) is 0 Å². The fraction of sp³-hybridized carbons (Fsp3) is 0.333. The second-order valence-electron chi connectivity index (χ2n) is 8.53. The lowest BCUT2D eigenvalue weighted by molar-refractivity contribution is -0.121. The minimum atomic E-state index is -4.09. The van der Waals surface area contributed by atoms with Gasteiger partial charge in [-0.3, -0.25) is 19.3 Å². The van der Waals surface area contributed by atoms with Crippen molar-refractivity contribution in [3.05, 3.63) is 59.8 Å². The molecule has 212 valence electrons. The fourth-order valence-electron chi connectivity index (χ4n) is 4.33. The van der Waals surface area contributed by atoms with Gasteiger partial charge in [0.1, 0.15) is 12.3 Å². The van der Waals surface area contributed by atoms with Gasteiger partial charge < -0.3 is 14.6 Å². The zero-order valence-corrected chi connectivity index (χ0v) is 22.7. The summed E-state index contributed by atoms with van der Waals surface area (Å²) < 4.78 is 65.6. The number of carbonyl (C=O) groups is 2. The summed E-state index contributed by atoms with van der Waals surface area (Å²) in [7, 11) is -6.33. The summed E-state index contributed by atoms with van der Waals surface area (Å²) in [6, 6.07) is 13.8. The number of carbonyl (C=O) groups excluding carboxylic acids is 2. The molecule has 0 unspecified atom stereocenters. The Morgan fingerprint density at radius 1 is 1.10 bits per heavy atom. The molecule has 2 aromatic carbocycles. The number of amides is 2. The molecule has 0 aliphatic carbocycles. The van der Waals surface area contributed by atoms with E-state index in [1.165, 1.54) is 29.0 Å². The van der Waals surface area contributed by atoms with Crippen molar-refractivity contribution in [2.45, 2.75) is 30.8 Å². The Balaban J connectivity index is 0.000000983. The fourth-order valence-corrected chi connectivity index (χ4v) is 6.25. The van der Waals surface area contributed by atoms with E-state index < -0.39 is 25.9 Å². The van der Waals surface area contributed by atoms with Crippen molar-refractivity contribution in [3.63, 3.8) is 0 Å². The highest BCUT2D eigenvalue weighted by molar-refractivity contribution is 7.89. The van der Waals surface area contributed by atoms with E-state index in [1.54, 1.807) is 12.1 Å². The number of hydrogen-bond acceptors (Lipinski definition) is 8. The Kier molecular flexibility index (Phi) is 10.0. The number of benzene rings is 2. The Morgan fingerprint density at radius 2 is 1.77 bits per heavy atom. The SMILES string of the molecule is COc1ccc(S(=O)(=O)N2CCc3c(n(CC(=O)NCCCS(=O)(=O)O)c4ccccc34)C2)cc1.O=CNO. The maximum atomic E-state index is 13.3. The van der Waals surface area contributed by atoms with Gasteiger partial charge in [-0.2, -0.15) is 12.7 Å². The maximum absolute atomic E-state index is 13.3. The summed E-state index contributed by atoms with van der Waals surface area (Å²) in [5, 5.41) is 10.9. The van der Waals surface area contributed by atoms with Gasteiger partial charge in [0, 0.05) is 29.7 Å². The molecule has 1 aliphatic heterocycles. The van der Waals surface area contributed by atoms with Gasteiger partial charge in [0.2, 0.25) is 22.3 Å². The standard InChI is InChI=1S/C23H27N3O7S2.CH3NO2/c1-33-17-7-9-18(10-8-17)35(31,32)25-13-11-20-19-5-2-3-6-21(19)26(22(20)15-25)16-23(27)24-12-4-14-34(28,29)30;3-1-2-4/h2-3,5-10H,4,11-16H2,1H3,(H,24,27)(H,28,29,30);1,4H,(H,2,3). The molecule has 0 atom stereocenters. The van der Waals surface area contributed by atoms with Crippen LogP contribution in [0.2, 0.25) is 0 Å². The van der Waals surface area contributed by atoms with Gasteiger partial charge >= 0.3 is 0 Å². The monoisotopic (exact) mass is 582 g/mol. The third-order valence-electron chi connectivity index (χ3n) is 6.08. The molecule has 39 heavy (non-hydrogen) atoms. The third kappa shape index (κ3) is 7.54. The van der Waals surface area contributed by atoms with Crippen LogP contribution in [-0.2, 0) is 49.2 Å². The van der Waals surface area contributed by atoms with E-state index in [0.717, 1.165) is 22.2 Å². The number of nitrogens with zero attached hydrogens (tertiary/aromatic N) is 2. The number of sulfonamides is 1. The molecule has 2 amide bonds. The minimum absolute atomic E-state index is 0.0435. The Bertz CT molecular complexity index is 1520. The van der Waals surface area contributed by atoms with E-state index in [2.05, 4.69) is 5.32 Å². The van der Waals surface area contributed by atoms with Crippen molar-refractivity contribution >= 4 is 43.4 Å². The molecule has 13 nitrogen and oxygen atoms in total. The lowest BCUT2D eigenvalue weighted by atomic mass is 10.0. The van der Waals surface area contributed by atoms with Crippen LogP contribution < -0.4 is 15.5 Å². The number of aromatic nitrogens is 1. The number of para-hydroxylation sites is 1. The zero-order valence-electron chi connectivity index (χ0n) is 21.1. The molecule has 0 saturated heterocycles. The average Bonchev–Trinajstić information content (AvgIpc) is 3.23. The van der Waals surface area contributed by atoms with Gasteiger partial charge in [-0.25, -0.2) is 13.9 Å². The van der Waals surface area contributed by atoms with Crippen LogP contribution in [0.3, 0.4) is 0 Å². The van der Waals surface area contributed by atoms with Gasteiger partial charge in [-0.05, 0) is 48.7 Å². The highest BCUT2D eigenvalue weighted by Gasteiger charge is 2.32. The second kappa shape index (κ2) is 13.0. The van der Waals surface area contributed by atoms with Crippen molar-refractivity contribution in [3.8, 4) is 5.75 Å². The van der Waals surface area contributed by atoms with E-state index in [0.29, 0.717) is 18.7 Å². The number of nitrogens with one attached hydrogen (secondary N) is 2. The number of fused-ring (bicyclic) bond motifs is 3. The van der Waals surface area contributed by atoms with Crippen molar-refractivity contribution in [1.82, 2.24) is 19.7 Å². The molecule has 4 rings (SSSR count). The molecule has 1 aromatic heterocycles. The van der Waals surface area contributed by atoms with E-state index in [-0.39, 0.29) is 43.3 Å². The van der Waals surface area contributed by atoms with Gasteiger partial charge in [0.15, 0.2) is 0 Å². The molecule has 2 heterocycles. The molecule has 3 aromatic rings. The van der Waals surface area contributed by atoms with Crippen LogP contribution in [0.1, 0.15) is 17.7 Å². The summed E-state index contributed by atoms with van der Waals surface area (Å²) in [6.07, 6.45) is 0.775. The molecular formula is C24H30N4O9S2. The first-order chi connectivity index (χ1) is 18.5. The molecule has 15 heteroatoms. The molecule has 0 radical (unpaired) electrons. The first-order valence-corrected chi connectivity index (χ1v) is 14.8. The molecule has 0 bridgehead atoms. The normalized spacial score (nSPS) is 13.6. The van der Waals surface area contributed by atoms with Crippen LogP contribution >= 0.6 is 0 Å². The number of ether oxygens (including phenoxy) is 1. The lowest BCUT2D eigenvalue weighted by Gasteiger charge is -2.28. The van der Waals surface area contributed by atoms with Crippen LogP contribution in [0.5, 0.6) is 5.75 Å². The summed E-state index contributed by atoms with van der Waals surface area (Å²) in [5.74, 6) is -0.209. The second-order valence-corrected chi connectivity index (χ2v) is 12.0. The topological polar surface area (TPSA) is 184 Å². The predicted octanol–water partition coefficient (Wildman–Crippen LogP) is 0.913. The Labute approximate surface area is 226 Å². The van der Waals surface area contributed by atoms with Crippen LogP contribution in [0.4, 0.5) is 0 Å². The van der Waals surface area contributed by atoms with Crippen molar-refractivity contribution < 1.29 is 40.9 Å². The van der Waals surface area contributed by atoms with Crippen LogP contribution in [0, 0.1) is 0 Å². The Hall–Kier alpha value is -3.50. The number of hydrogen-bond donors (Lipinski definition) is 4. The molecule has 4 N–H and O–H groups in total. The van der Waals surface area contributed by atoms with Gasteiger partial charge in [-0.1, -0.05) is 18.2 Å². The highest BCUT2D eigenvalue weighted by Crippen LogP contribution is 2.33. The van der Waals surface area contributed by atoms with Crippen molar-refractivity contribution in [1.29, 1.82) is 0 Å². The summed E-state index contributed by atoms with van der Waals surface area (Å²) >= 11 is 0. The summed E-state index contributed by atoms with van der Waals surface area (Å²) in [4.78, 5) is 21.6. The summed E-state index contributed by atoms with van der Waals surface area (Å²) in [6.45, 7) is 0.488. The summed E-state index contributed by atoms with van der Waals surface area (Å²) in [5.41, 5.74) is 3.85. The maximum Gasteiger partial charge on any atom is 0.264 e. The van der Waals surface area contributed by atoms with Gasteiger partial charge in [0.25, 0.3) is 10.1 Å². The first-order valence-electron chi connectivity index (χ1n) is 11.8. The van der Waals surface area contributed by atoms with E-state index in [4.69, 9.17) is 19.3 Å². The van der Waals surface area contributed by atoms with Crippen molar-refractivity contribution in [2.24, 2.45) is 0 Å². The van der Waals surface area contributed by atoms with Crippen LogP contribution in [0.15, 0.2) is 53.4 Å². The number of rotatable bonds is 10. The molecule has 0 spiro atoms. The van der Waals surface area contributed by atoms with E-state index in [1.807, 2.05) is 28.8 Å². The quantitative estimate of drug-likeness (QED) is 0.0887. The average molecular weight is 583 g/mol. The molecule has 1 aliphatic rings. The number of methoxy groups -OCH3 is 1. The van der Waals surface area contributed by atoms with Crippen molar-refractivity contribution in [2.75, 3.05) is 26.0 Å². The largest absolute Gasteiger partial charge is 0.497 e. The highest BCUT2D eigenvalue weighted by atomic mass is 32.2. The minimum Gasteiger partial charge on any atom is -0.497 e. The third-order valence-corrected chi connectivity index (χ3v) is 8.75. The van der Waals surface area contributed by atoms with Gasteiger partial charge in [0.05, 0.1) is 24.3 Å². The zero-order chi connectivity index (χ0) is 28.6. The molecular weight excluding hydrogens is 552 g/mol. The van der Waals surface area contributed by atoms with Crippen LogP contribution in [-0.4, -0.2) is 73.7 Å². The predicted molar refractivity (Wildman–Crippen MR) is 141 cm³/mol. The van der Waals surface area contributed by atoms with E-state index >= 15 is 0 Å². The first kappa shape index (κ1) is 30.0. The van der Waals surface area contributed by atoms with E-state index in [9.17, 15) is 21.6 Å².